The number of ether oxygens (including phenoxy) is 3. The Morgan fingerprint density at radius 3 is 2.67 bits per heavy atom. The fraction of sp³-hybridized carbons (Fsp3) is 0.240. The lowest BCUT2D eigenvalue weighted by molar-refractivity contribution is -0.139. The molecule has 1 atom stereocenters. The number of hydrogen-bond donors (Lipinski definition) is 0. The van der Waals surface area contributed by atoms with Gasteiger partial charge in [0.15, 0.2) is 16.3 Å². The van der Waals surface area contributed by atoms with Crippen LogP contribution in [0.2, 0.25) is 0 Å². The maximum absolute atomic E-state index is 13.6. The normalized spacial score (nSPS) is 17.1. The highest BCUT2D eigenvalue weighted by Crippen LogP contribution is 2.35. The van der Waals surface area contributed by atoms with E-state index in [2.05, 4.69) is 4.99 Å². The summed E-state index contributed by atoms with van der Waals surface area (Å²) in [6, 6.07) is 12.7. The number of allylic oxidation sites excluding steroid dienone is 1. The van der Waals surface area contributed by atoms with Crippen LogP contribution in [0.25, 0.3) is 6.08 Å². The maximum atomic E-state index is 13.6. The van der Waals surface area contributed by atoms with Gasteiger partial charge in [-0.25, -0.2) is 9.79 Å². The number of nitrogens with zero attached hydrogens (tertiary/aromatic N) is 2. The highest BCUT2D eigenvalue weighted by Gasteiger charge is 2.33. The van der Waals surface area contributed by atoms with Crippen LogP contribution >= 0.6 is 11.3 Å². The van der Waals surface area contributed by atoms with E-state index in [9.17, 15) is 9.59 Å². The predicted molar refractivity (Wildman–Crippen MR) is 124 cm³/mol. The van der Waals surface area contributed by atoms with Gasteiger partial charge in [-0.1, -0.05) is 41.7 Å². The van der Waals surface area contributed by atoms with Gasteiger partial charge in [-0.05, 0) is 55.7 Å². The van der Waals surface area contributed by atoms with E-state index in [1.807, 2.05) is 55.5 Å². The van der Waals surface area contributed by atoms with Gasteiger partial charge in [0.2, 0.25) is 6.79 Å². The van der Waals surface area contributed by atoms with Crippen molar-refractivity contribution in [2.75, 3.05) is 13.4 Å². The fourth-order valence-corrected chi connectivity index (χ4v) is 5.14. The second kappa shape index (κ2) is 8.37. The van der Waals surface area contributed by atoms with Crippen molar-refractivity contribution in [2.24, 2.45) is 4.99 Å². The molecule has 0 fully saturated rings. The summed E-state index contributed by atoms with van der Waals surface area (Å²) < 4.78 is 18.4. The fourth-order valence-electron chi connectivity index (χ4n) is 4.10. The van der Waals surface area contributed by atoms with Crippen molar-refractivity contribution in [3.05, 3.63) is 90.1 Å². The molecular weight excluding hydrogens is 440 g/mol. The molecule has 8 heteroatoms. The Bertz CT molecular complexity index is 1470. The standard InChI is InChI=1S/C25H22N2O5S/c1-4-30-24(29)21-15(3)26-25-27(22(21)16-8-6-5-7-9-16)23(28)20(33-25)12-17-11-19-18(10-14(17)2)31-13-32-19/h5-12,22H,4,13H2,1-3H3/b20-12-/t22-/m0/s1. The maximum Gasteiger partial charge on any atom is 0.338 e. The van der Waals surface area contributed by atoms with Gasteiger partial charge < -0.3 is 14.2 Å². The first-order valence-electron chi connectivity index (χ1n) is 10.6. The van der Waals surface area contributed by atoms with Crippen molar-refractivity contribution in [3.8, 4) is 11.5 Å². The molecule has 5 rings (SSSR count). The zero-order valence-electron chi connectivity index (χ0n) is 18.5. The number of aryl methyl sites for hydroxylation is 1. The molecule has 3 heterocycles. The second-order valence-electron chi connectivity index (χ2n) is 7.78. The second-order valence-corrected chi connectivity index (χ2v) is 8.78. The van der Waals surface area contributed by atoms with Crippen molar-refractivity contribution >= 4 is 23.4 Å². The van der Waals surface area contributed by atoms with E-state index in [4.69, 9.17) is 14.2 Å². The third-order valence-corrected chi connectivity index (χ3v) is 6.66. The molecule has 0 saturated heterocycles. The average molecular weight is 463 g/mol. The molecule has 168 valence electrons. The van der Waals surface area contributed by atoms with Crippen LogP contribution in [0.1, 0.15) is 36.6 Å². The van der Waals surface area contributed by atoms with Gasteiger partial charge in [0, 0.05) is 0 Å². The summed E-state index contributed by atoms with van der Waals surface area (Å²) in [4.78, 5) is 31.7. The third kappa shape index (κ3) is 3.66. The number of rotatable bonds is 4. The minimum atomic E-state index is -0.610. The minimum Gasteiger partial charge on any atom is -0.463 e. The van der Waals surface area contributed by atoms with Crippen molar-refractivity contribution in [3.63, 3.8) is 0 Å². The summed E-state index contributed by atoms with van der Waals surface area (Å²) in [7, 11) is 0. The van der Waals surface area contributed by atoms with Crippen LogP contribution in [0.15, 0.2) is 63.5 Å². The topological polar surface area (TPSA) is 79.1 Å². The van der Waals surface area contributed by atoms with Crippen molar-refractivity contribution in [1.29, 1.82) is 0 Å². The molecule has 0 N–H and O–H groups in total. The number of esters is 1. The summed E-state index contributed by atoms with van der Waals surface area (Å²) in [6.45, 7) is 5.93. The Kier molecular flexibility index (Phi) is 5.38. The number of benzene rings is 2. The number of aromatic nitrogens is 1. The average Bonchev–Trinajstić information content (AvgIpc) is 3.37. The number of fused-ring (bicyclic) bond motifs is 2. The van der Waals surface area contributed by atoms with E-state index >= 15 is 0 Å². The van der Waals surface area contributed by atoms with Crippen LogP contribution in [-0.2, 0) is 9.53 Å². The van der Waals surface area contributed by atoms with Crippen LogP contribution < -0.4 is 24.4 Å². The number of carbonyl (C=O) groups excluding carboxylic acids is 1. The Morgan fingerprint density at radius 2 is 1.94 bits per heavy atom. The van der Waals surface area contributed by atoms with E-state index in [1.54, 1.807) is 18.4 Å². The van der Waals surface area contributed by atoms with Gasteiger partial charge in [0.25, 0.3) is 5.56 Å². The van der Waals surface area contributed by atoms with Gasteiger partial charge in [-0.2, -0.15) is 0 Å². The molecule has 7 nitrogen and oxygen atoms in total. The SMILES string of the molecule is CCOC(=O)C1=C(C)N=c2s/c(=C\c3cc4c(cc3C)OCO4)c(=O)n2[C@H]1c1ccccc1. The smallest absolute Gasteiger partial charge is 0.338 e. The van der Waals surface area contributed by atoms with Crippen LogP contribution in [0, 0.1) is 6.92 Å². The largest absolute Gasteiger partial charge is 0.463 e. The molecule has 0 radical (unpaired) electrons. The molecule has 33 heavy (non-hydrogen) atoms. The van der Waals surface area contributed by atoms with Crippen molar-refractivity contribution in [1.82, 2.24) is 4.57 Å². The predicted octanol–water partition coefficient (Wildman–Crippen LogP) is 2.84. The van der Waals surface area contributed by atoms with Gasteiger partial charge in [0.05, 0.1) is 28.5 Å². The van der Waals surface area contributed by atoms with Crippen LogP contribution in [0.5, 0.6) is 11.5 Å². The molecule has 0 amide bonds. The van der Waals surface area contributed by atoms with Crippen molar-refractivity contribution in [2.45, 2.75) is 26.8 Å². The number of carbonyl (C=O) groups is 1. The van der Waals surface area contributed by atoms with E-state index in [0.29, 0.717) is 32.1 Å². The monoisotopic (exact) mass is 462 g/mol. The minimum absolute atomic E-state index is 0.188. The first kappa shape index (κ1) is 21.2. The highest BCUT2D eigenvalue weighted by molar-refractivity contribution is 7.07. The van der Waals surface area contributed by atoms with Gasteiger partial charge in [-0.3, -0.25) is 9.36 Å². The summed E-state index contributed by atoms with van der Waals surface area (Å²) >= 11 is 1.30. The lowest BCUT2D eigenvalue weighted by atomic mass is 9.96. The molecule has 2 aliphatic heterocycles. The van der Waals surface area contributed by atoms with Gasteiger partial charge in [0.1, 0.15) is 0 Å². The van der Waals surface area contributed by atoms with E-state index in [0.717, 1.165) is 16.7 Å². The van der Waals surface area contributed by atoms with Crippen molar-refractivity contribution < 1.29 is 19.0 Å². The Morgan fingerprint density at radius 1 is 1.21 bits per heavy atom. The molecular formula is C25H22N2O5S. The van der Waals surface area contributed by atoms with Gasteiger partial charge >= 0.3 is 5.97 Å². The summed E-state index contributed by atoms with van der Waals surface area (Å²) in [5, 5.41) is 0. The molecule has 0 saturated carbocycles. The molecule has 1 aromatic heterocycles. The van der Waals surface area contributed by atoms with Gasteiger partial charge in [-0.15, -0.1) is 0 Å². The Balaban J connectivity index is 1.71. The van der Waals surface area contributed by atoms with Crippen LogP contribution in [0.4, 0.5) is 0 Å². The summed E-state index contributed by atoms with van der Waals surface area (Å²) in [6.07, 6.45) is 1.84. The number of thiazole rings is 1. The summed E-state index contributed by atoms with van der Waals surface area (Å²) in [5.41, 5.74) is 3.37. The van der Waals surface area contributed by atoms with E-state index < -0.39 is 12.0 Å². The molecule has 0 spiro atoms. The van der Waals surface area contributed by atoms with Crippen LogP contribution in [-0.4, -0.2) is 23.9 Å². The summed E-state index contributed by atoms with van der Waals surface area (Å²) in [5.74, 6) is 0.889. The zero-order chi connectivity index (χ0) is 23.1. The molecule has 2 aliphatic rings. The van der Waals surface area contributed by atoms with Crippen LogP contribution in [0.3, 0.4) is 0 Å². The molecule has 2 aromatic carbocycles. The molecule has 0 bridgehead atoms. The molecule has 3 aromatic rings. The highest BCUT2D eigenvalue weighted by atomic mass is 32.1. The third-order valence-electron chi connectivity index (χ3n) is 5.68. The Hall–Kier alpha value is -3.65. The quantitative estimate of drug-likeness (QED) is 0.557. The number of hydrogen-bond acceptors (Lipinski definition) is 7. The van der Waals surface area contributed by atoms with E-state index in [-0.39, 0.29) is 19.0 Å². The van der Waals surface area contributed by atoms with E-state index in [1.165, 1.54) is 11.3 Å². The molecule has 0 aliphatic carbocycles. The lowest BCUT2D eigenvalue weighted by Crippen LogP contribution is -2.39. The zero-order valence-corrected chi connectivity index (χ0v) is 19.3. The Labute approximate surface area is 193 Å². The lowest BCUT2D eigenvalue weighted by Gasteiger charge is -2.24. The first-order chi connectivity index (χ1) is 16.0. The first-order valence-corrected chi connectivity index (χ1v) is 11.4. The molecule has 0 unspecified atom stereocenters.